The number of rotatable bonds is 2. The molecule has 0 saturated heterocycles. The zero-order chi connectivity index (χ0) is 15.0. The Morgan fingerprint density at radius 3 is 2.86 bits per heavy atom. The lowest BCUT2D eigenvalue weighted by atomic mass is 9.93. The molecule has 3 nitrogen and oxygen atoms in total. The highest BCUT2D eigenvalue weighted by atomic mass is 35.5. The van der Waals surface area contributed by atoms with Gasteiger partial charge in [-0.2, -0.15) is 0 Å². The van der Waals surface area contributed by atoms with Gasteiger partial charge in [-0.1, -0.05) is 35.9 Å². The Morgan fingerprint density at radius 1 is 1.29 bits per heavy atom. The maximum Gasteiger partial charge on any atom is 0.235 e. The highest BCUT2D eigenvalue weighted by Gasteiger charge is 2.29. The fourth-order valence-electron chi connectivity index (χ4n) is 2.51. The lowest BCUT2D eigenvalue weighted by molar-refractivity contribution is -0.119. The van der Waals surface area contributed by atoms with Gasteiger partial charge in [0.15, 0.2) is 0 Å². The van der Waals surface area contributed by atoms with Gasteiger partial charge in [0.2, 0.25) is 5.91 Å². The van der Waals surface area contributed by atoms with E-state index in [0.29, 0.717) is 10.8 Å². The molecule has 0 fully saturated rings. The molecule has 0 aromatic heterocycles. The van der Waals surface area contributed by atoms with E-state index in [0.717, 1.165) is 22.4 Å². The number of halogens is 2. The van der Waals surface area contributed by atoms with Gasteiger partial charge in [-0.15, -0.1) is 11.6 Å². The Kier molecular flexibility index (Phi) is 3.79. The molecule has 1 atom stereocenters. The van der Waals surface area contributed by atoms with Crippen LogP contribution in [-0.4, -0.2) is 11.8 Å². The number of benzene rings is 2. The van der Waals surface area contributed by atoms with Gasteiger partial charge in [0, 0.05) is 16.1 Å². The number of para-hydroxylation sites is 1. The molecule has 21 heavy (non-hydrogen) atoms. The van der Waals surface area contributed by atoms with Crippen LogP contribution in [0.3, 0.4) is 0 Å². The number of alkyl halides is 1. The van der Waals surface area contributed by atoms with Crippen molar-refractivity contribution >= 4 is 29.1 Å². The van der Waals surface area contributed by atoms with E-state index in [1.165, 1.54) is 0 Å². The van der Waals surface area contributed by atoms with Crippen LogP contribution in [0.5, 0.6) is 11.5 Å². The Morgan fingerprint density at radius 2 is 2.10 bits per heavy atom. The van der Waals surface area contributed by atoms with Crippen molar-refractivity contribution in [2.75, 3.05) is 5.88 Å². The third-order valence-electron chi connectivity index (χ3n) is 3.48. The van der Waals surface area contributed by atoms with Gasteiger partial charge in [-0.05, 0) is 24.6 Å². The highest BCUT2D eigenvalue weighted by Crippen LogP contribution is 2.45. The standard InChI is InChI=1S/C16H13Cl2NO2/c1-9-3-2-4-12-15(19-14(20)8-17)11-6-5-10(18)7-13(11)21-16(9)12/h2-7,15H,8H2,1H3,(H,19,20). The Labute approximate surface area is 132 Å². The summed E-state index contributed by atoms with van der Waals surface area (Å²) < 4.78 is 5.97. The summed E-state index contributed by atoms with van der Waals surface area (Å²) in [6.07, 6.45) is 0. The number of nitrogens with one attached hydrogen (secondary N) is 1. The summed E-state index contributed by atoms with van der Waals surface area (Å²) in [6, 6.07) is 11.0. The van der Waals surface area contributed by atoms with E-state index in [1.54, 1.807) is 12.1 Å². The Bertz CT molecular complexity index is 715. The molecule has 0 radical (unpaired) electrons. The van der Waals surface area contributed by atoms with Crippen LogP contribution in [0, 0.1) is 6.92 Å². The van der Waals surface area contributed by atoms with Crippen LogP contribution in [0.1, 0.15) is 22.7 Å². The van der Waals surface area contributed by atoms with Crippen LogP contribution < -0.4 is 10.1 Å². The third-order valence-corrected chi connectivity index (χ3v) is 3.96. The predicted molar refractivity (Wildman–Crippen MR) is 83.4 cm³/mol. The largest absolute Gasteiger partial charge is 0.456 e. The van der Waals surface area contributed by atoms with Crippen molar-refractivity contribution < 1.29 is 9.53 Å². The molecule has 1 N–H and O–H groups in total. The second-order valence-electron chi connectivity index (χ2n) is 4.91. The first-order valence-electron chi connectivity index (χ1n) is 6.52. The fourth-order valence-corrected chi connectivity index (χ4v) is 2.75. The molecule has 0 saturated carbocycles. The normalized spacial score (nSPS) is 15.7. The smallest absolute Gasteiger partial charge is 0.235 e. The molecular weight excluding hydrogens is 309 g/mol. The van der Waals surface area contributed by atoms with Crippen LogP contribution in [0.25, 0.3) is 0 Å². The second-order valence-corrected chi connectivity index (χ2v) is 5.62. The molecule has 1 amide bonds. The number of carbonyl (C=O) groups excluding carboxylic acids is 1. The minimum Gasteiger partial charge on any atom is -0.456 e. The quantitative estimate of drug-likeness (QED) is 0.842. The number of carbonyl (C=O) groups is 1. The van der Waals surface area contributed by atoms with Crippen molar-refractivity contribution in [2.45, 2.75) is 13.0 Å². The highest BCUT2D eigenvalue weighted by molar-refractivity contribution is 6.30. The van der Waals surface area contributed by atoms with Gasteiger partial charge in [0.25, 0.3) is 0 Å². The summed E-state index contributed by atoms with van der Waals surface area (Å²) in [5.41, 5.74) is 2.79. The summed E-state index contributed by atoms with van der Waals surface area (Å²) in [5, 5.41) is 3.52. The van der Waals surface area contributed by atoms with Gasteiger partial charge in [-0.3, -0.25) is 4.79 Å². The lowest BCUT2D eigenvalue weighted by Gasteiger charge is -2.29. The van der Waals surface area contributed by atoms with Crippen molar-refractivity contribution in [3.05, 3.63) is 58.1 Å². The zero-order valence-corrected chi connectivity index (χ0v) is 12.8. The van der Waals surface area contributed by atoms with Gasteiger partial charge in [0.05, 0.1) is 6.04 Å². The van der Waals surface area contributed by atoms with Gasteiger partial charge in [0.1, 0.15) is 17.4 Å². The molecule has 2 aromatic rings. The van der Waals surface area contributed by atoms with E-state index in [4.69, 9.17) is 27.9 Å². The Balaban J connectivity index is 2.14. The van der Waals surface area contributed by atoms with Crippen molar-refractivity contribution in [1.82, 2.24) is 5.32 Å². The minimum atomic E-state index is -0.285. The summed E-state index contributed by atoms with van der Waals surface area (Å²) in [7, 11) is 0. The second kappa shape index (κ2) is 5.58. The van der Waals surface area contributed by atoms with E-state index in [9.17, 15) is 4.79 Å². The van der Waals surface area contributed by atoms with E-state index in [1.807, 2.05) is 31.2 Å². The topological polar surface area (TPSA) is 38.3 Å². The number of amides is 1. The number of hydrogen-bond donors (Lipinski definition) is 1. The summed E-state index contributed by atoms with van der Waals surface area (Å²) >= 11 is 11.7. The minimum absolute atomic E-state index is 0.0819. The average Bonchev–Trinajstić information content (AvgIpc) is 2.47. The maximum atomic E-state index is 11.7. The molecule has 0 aliphatic carbocycles. The zero-order valence-electron chi connectivity index (χ0n) is 11.3. The Hall–Kier alpha value is -1.71. The molecular formula is C16H13Cl2NO2. The van der Waals surface area contributed by atoms with E-state index in [2.05, 4.69) is 5.32 Å². The number of hydrogen-bond acceptors (Lipinski definition) is 2. The fraction of sp³-hybridized carbons (Fsp3) is 0.188. The molecule has 1 unspecified atom stereocenters. The SMILES string of the molecule is Cc1cccc2c1Oc1cc(Cl)ccc1C2NC(=O)CCl. The molecule has 108 valence electrons. The number of aryl methyl sites for hydroxylation is 1. The number of fused-ring (bicyclic) bond motifs is 2. The first kappa shape index (κ1) is 14.2. The molecule has 1 aliphatic rings. The van der Waals surface area contributed by atoms with Gasteiger partial charge in [-0.25, -0.2) is 0 Å². The van der Waals surface area contributed by atoms with E-state index < -0.39 is 0 Å². The third kappa shape index (κ3) is 2.59. The maximum absolute atomic E-state index is 11.7. The molecule has 0 spiro atoms. The van der Waals surface area contributed by atoms with Gasteiger partial charge < -0.3 is 10.1 Å². The van der Waals surface area contributed by atoms with E-state index >= 15 is 0 Å². The molecule has 1 aliphatic heterocycles. The van der Waals surface area contributed by atoms with Crippen molar-refractivity contribution in [1.29, 1.82) is 0 Å². The van der Waals surface area contributed by atoms with Crippen LogP contribution in [0.2, 0.25) is 5.02 Å². The molecule has 2 aromatic carbocycles. The van der Waals surface area contributed by atoms with E-state index in [-0.39, 0.29) is 17.8 Å². The number of ether oxygens (including phenoxy) is 1. The summed E-state index contributed by atoms with van der Waals surface area (Å²) in [5.74, 6) is 1.11. The average molecular weight is 322 g/mol. The first-order chi connectivity index (χ1) is 10.1. The molecule has 3 rings (SSSR count). The van der Waals surface area contributed by atoms with Crippen LogP contribution in [-0.2, 0) is 4.79 Å². The predicted octanol–water partition coefficient (Wildman–Crippen LogP) is 4.20. The van der Waals surface area contributed by atoms with Crippen molar-refractivity contribution in [3.8, 4) is 11.5 Å². The molecule has 0 bridgehead atoms. The van der Waals surface area contributed by atoms with Crippen molar-refractivity contribution in [2.24, 2.45) is 0 Å². The summed E-state index contributed by atoms with van der Waals surface area (Å²) in [4.78, 5) is 11.7. The van der Waals surface area contributed by atoms with Crippen LogP contribution in [0.15, 0.2) is 36.4 Å². The van der Waals surface area contributed by atoms with Crippen LogP contribution >= 0.6 is 23.2 Å². The molecule has 5 heteroatoms. The van der Waals surface area contributed by atoms with Crippen molar-refractivity contribution in [3.63, 3.8) is 0 Å². The lowest BCUT2D eigenvalue weighted by Crippen LogP contribution is -2.32. The summed E-state index contributed by atoms with van der Waals surface area (Å²) in [6.45, 7) is 1.97. The monoisotopic (exact) mass is 321 g/mol. The van der Waals surface area contributed by atoms with Crippen LogP contribution in [0.4, 0.5) is 0 Å². The molecule has 1 heterocycles. The van der Waals surface area contributed by atoms with Gasteiger partial charge >= 0.3 is 0 Å². The first-order valence-corrected chi connectivity index (χ1v) is 7.43.